The first-order chi connectivity index (χ1) is 16.3. The molecule has 0 atom stereocenters. The third-order valence-electron chi connectivity index (χ3n) is 6.16. The summed E-state index contributed by atoms with van der Waals surface area (Å²) in [5, 5.41) is 0. The van der Waals surface area contributed by atoms with Gasteiger partial charge in [0.25, 0.3) is 0 Å². The lowest BCUT2D eigenvalue weighted by Crippen LogP contribution is -2.52. The van der Waals surface area contributed by atoms with Crippen LogP contribution in [-0.2, 0) is 36.0 Å². The van der Waals surface area contributed by atoms with Gasteiger partial charge in [-0.1, -0.05) is 44.9 Å². The monoisotopic (exact) mass is 542 g/mol. The van der Waals surface area contributed by atoms with Crippen molar-refractivity contribution in [2.45, 2.75) is 102 Å². The van der Waals surface area contributed by atoms with Gasteiger partial charge >= 0.3 is 17.6 Å². The molecule has 11 heteroatoms. The number of hydrogen-bond donors (Lipinski definition) is 0. The van der Waals surface area contributed by atoms with E-state index in [2.05, 4.69) is 13.1 Å². The first kappa shape index (κ1) is 34.3. The minimum absolute atomic E-state index is 0.616. The summed E-state index contributed by atoms with van der Waals surface area (Å²) in [5.41, 5.74) is 0. The zero-order valence-electron chi connectivity index (χ0n) is 23.4. The molecule has 0 aliphatic rings. The summed E-state index contributed by atoms with van der Waals surface area (Å²) in [6.07, 6.45) is 11.9. The van der Waals surface area contributed by atoms with Gasteiger partial charge in [-0.3, -0.25) is 0 Å². The molecule has 0 saturated heterocycles. The van der Waals surface area contributed by atoms with Crippen LogP contribution in [0.1, 0.15) is 71.1 Å². The van der Waals surface area contributed by atoms with Crippen molar-refractivity contribution in [1.29, 1.82) is 0 Å². The van der Waals surface area contributed by atoms with Crippen LogP contribution in [0, 0.1) is 0 Å². The Morgan fingerprint density at radius 1 is 0.471 bits per heavy atom. The van der Waals surface area contributed by atoms with E-state index >= 15 is 0 Å². The van der Waals surface area contributed by atoms with E-state index in [1.165, 1.54) is 44.9 Å². The molecular weight excluding hydrogens is 489 g/mol. The maximum absolute atomic E-state index is 6.65. The molecule has 0 unspecified atom stereocenters. The molecule has 0 aliphatic carbocycles. The highest BCUT2D eigenvalue weighted by Crippen LogP contribution is 2.28. The van der Waals surface area contributed by atoms with Crippen LogP contribution in [0.15, 0.2) is 0 Å². The van der Waals surface area contributed by atoms with Crippen molar-refractivity contribution in [3.8, 4) is 0 Å². The molecule has 0 spiro atoms. The van der Waals surface area contributed by atoms with Gasteiger partial charge in [0.1, 0.15) is 0 Å². The zero-order valence-corrected chi connectivity index (χ0v) is 26.4. The SMILES string of the molecule is CCOOCCCCCCCCCCC[Si](OC)(OC)O[Si](C)(C)CCC[Si](OC)(OC)OC. The van der Waals surface area contributed by atoms with E-state index in [0.29, 0.717) is 13.2 Å². The Morgan fingerprint density at radius 2 is 0.912 bits per heavy atom. The molecule has 0 aliphatic heterocycles. The molecule has 8 nitrogen and oxygen atoms in total. The van der Waals surface area contributed by atoms with Crippen LogP contribution in [0.3, 0.4) is 0 Å². The molecular formula is C23H54O8Si3. The Kier molecular flexibility index (Phi) is 20.6. The summed E-state index contributed by atoms with van der Waals surface area (Å²) in [4.78, 5) is 9.93. The van der Waals surface area contributed by atoms with E-state index in [1.54, 1.807) is 35.5 Å². The number of rotatable bonds is 25. The minimum Gasteiger partial charge on any atom is -0.416 e. The largest absolute Gasteiger partial charge is 0.500 e. The van der Waals surface area contributed by atoms with Gasteiger partial charge in [-0.05, 0) is 45.3 Å². The van der Waals surface area contributed by atoms with Gasteiger partial charge in [0.15, 0.2) is 8.32 Å². The summed E-state index contributed by atoms with van der Waals surface area (Å²) in [6, 6.07) is 2.64. The molecule has 0 N–H and O–H groups in total. The molecule has 0 radical (unpaired) electrons. The van der Waals surface area contributed by atoms with E-state index in [9.17, 15) is 0 Å². The Bertz CT molecular complexity index is 455. The smallest absolute Gasteiger partial charge is 0.416 e. The van der Waals surface area contributed by atoms with E-state index in [4.69, 9.17) is 36.0 Å². The predicted molar refractivity (Wildman–Crippen MR) is 143 cm³/mol. The van der Waals surface area contributed by atoms with Crippen LogP contribution in [0.25, 0.3) is 0 Å². The van der Waals surface area contributed by atoms with Gasteiger partial charge in [-0.2, -0.15) is 0 Å². The Labute approximate surface area is 213 Å². The lowest BCUT2D eigenvalue weighted by atomic mass is 10.1. The molecule has 0 rings (SSSR count). The fourth-order valence-electron chi connectivity index (χ4n) is 4.06. The van der Waals surface area contributed by atoms with Gasteiger partial charge in [-0.15, -0.1) is 0 Å². The predicted octanol–water partition coefficient (Wildman–Crippen LogP) is 6.19. The summed E-state index contributed by atoms with van der Waals surface area (Å²) < 4.78 is 35.1. The molecule has 0 bridgehead atoms. The average molecular weight is 543 g/mol. The summed E-state index contributed by atoms with van der Waals surface area (Å²) in [7, 11) is 1.29. The quantitative estimate of drug-likeness (QED) is 0.0585. The highest BCUT2D eigenvalue weighted by Gasteiger charge is 2.45. The van der Waals surface area contributed by atoms with Crippen molar-refractivity contribution in [2.75, 3.05) is 48.8 Å². The summed E-state index contributed by atoms with van der Waals surface area (Å²) >= 11 is 0. The molecule has 0 saturated carbocycles. The molecule has 0 heterocycles. The standard InChI is InChI=1S/C23H54O8Si3/c1-9-29-30-20-17-15-13-11-10-12-14-16-18-22-34(27-5,28-6)31-32(7,8)21-19-23-33(24-2,25-3)26-4/h9-23H2,1-8H3. The Hall–Kier alpha value is 0.331. The molecule has 0 aromatic carbocycles. The first-order valence-electron chi connectivity index (χ1n) is 13.0. The van der Waals surface area contributed by atoms with Crippen molar-refractivity contribution in [3.63, 3.8) is 0 Å². The van der Waals surface area contributed by atoms with Crippen LogP contribution in [0.5, 0.6) is 0 Å². The van der Waals surface area contributed by atoms with E-state index in [0.717, 1.165) is 37.4 Å². The normalized spacial score (nSPS) is 13.1. The zero-order chi connectivity index (χ0) is 25.8. The lowest BCUT2D eigenvalue weighted by Gasteiger charge is -2.35. The highest BCUT2D eigenvalue weighted by atomic mass is 28.5. The molecule has 206 valence electrons. The topological polar surface area (TPSA) is 73.8 Å². The second-order valence-corrected chi connectivity index (χ2v) is 19.9. The van der Waals surface area contributed by atoms with Gasteiger partial charge in [0.05, 0.1) is 13.2 Å². The molecule has 0 fully saturated rings. The van der Waals surface area contributed by atoms with Gasteiger partial charge in [0.2, 0.25) is 0 Å². The first-order valence-corrected chi connectivity index (χ1v) is 20.0. The fraction of sp³-hybridized carbons (Fsp3) is 1.00. The third kappa shape index (κ3) is 15.4. The van der Waals surface area contributed by atoms with Crippen molar-refractivity contribution >= 4 is 25.9 Å². The second-order valence-electron chi connectivity index (χ2n) is 9.26. The van der Waals surface area contributed by atoms with Crippen molar-refractivity contribution in [2.24, 2.45) is 0 Å². The van der Waals surface area contributed by atoms with E-state index in [1.807, 2.05) is 6.92 Å². The van der Waals surface area contributed by atoms with Crippen LogP contribution < -0.4 is 0 Å². The summed E-state index contributed by atoms with van der Waals surface area (Å²) in [5.74, 6) is 0. The van der Waals surface area contributed by atoms with Crippen molar-refractivity contribution in [1.82, 2.24) is 0 Å². The van der Waals surface area contributed by atoms with Gasteiger partial charge in [-0.25, -0.2) is 9.78 Å². The van der Waals surface area contributed by atoms with E-state index < -0.39 is 25.9 Å². The lowest BCUT2D eigenvalue weighted by molar-refractivity contribution is -0.291. The van der Waals surface area contributed by atoms with Crippen LogP contribution in [0.2, 0.25) is 31.2 Å². The highest BCUT2D eigenvalue weighted by molar-refractivity contribution is 6.80. The van der Waals surface area contributed by atoms with Gasteiger partial charge in [0, 0.05) is 47.6 Å². The maximum Gasteiger partial charge on any atom is 0.500 e. The minimum atomic E-state index is -2.64. The van der Waals surface area contributed by atoms with Crippen LogP contribution in [-0.4, -0.2) is 74.7 Å². The fourth-order valence-corrected chi connectivity index (χ4v) is 13.3. The van der Waals surface area contributed by atoms with E-state index in [-0.39, 0.29) is 0 Å². The van der Waals surface area contributed by atoms with Crippen molar-refractivity contribution in [3.05, 3.63) is 0 Å². The van der Waals surface area contributed by atoms with Crippen LogP contribution >= 0.6 is 0 Å². The average Bonchev–Trinajstić information content (AvgIpc) is 2.84. The molecule has 34 heavy (non-hydrogen) atoms. The Balaban J connectivity index is 4.17. The second kappa shape index (κ2) is 20.4. The number of unbranched alkanes of at least 4 members (excludes halogenated alkanes) is 8. The third-order valence-corrected chi connectivity index (χ3v) is 16.2. The van der Waals surface area contributed by atoms with Gasteiger partial charge < -0.3 is 26.2 Å². The maximum atomic E-state index is 6.65. The van der Waals surface area contributed by atoms with Crippen molar-refractivity contribution < 1.29 is 36.0 Å². The molecule has 0 amide bonds. The van der Waals surface area contributed by atoms with Crippen LogP contribution in [0.4, 0.5) is 0 Å². The number of hydrogen-bond acceptors (Lipinski definition) is 8. The molecule has 0 aromatic heterocycles. The Morgan fingerprint density at radius 3 is 1.38 bits per heavy atom. The molecule has 0 aromatic rings. The summed E-state index contributed by atoms with van der Waals surface area (Å²) in [6.45, 7) is 7.74.